The van der Waals surface area contributed by atoms with Crippen molar-refractivity contribution >= 4 is 27.6 Å². The Labute approximate surface area is 150 Å². The van der Waals surface area contributed by atoms with Gasteiger partial charge in [-0.25, -0.2) is 5.53 Å². The molecular weight excluding hydrogens is 322 g/mol. The Morgan fingerprint density at radius 3 is 2.58 bits per heavy atom. The van der Waals surface area contributed by atoms with E-state index < -0.39 is 0 Å². The smallest absolute Gasteiger partial charge is 0.173 e. The van der Waals surface area contributed by atoms with Crippen LogP contribution in [0.3, 0.4) is 0 Å². The van der Waals surface area contributed by atoms with Crippen molar-refractivity contribution < 1.29 is 0 Å². The van der Waals surface area contributed by atoms with Crippen molar-refractivity contribution in [3.05, 3.63) is 83.4 Å². The molecule has 1 heterocycles. The molecule has 0 unspecified atom stereocenters. The Bertz CT molecular complexity index is 1210. The molecule has 4 aromatic rings. The zero-order chi connectivity index (χ0) is 18.1. The van der Waals surface area contributed by atoms with E-state index in [-0.39, 0.29) is 5.84 Å². The van der Waals surface area contributed by atoms with E-state index in [9.17, 15) is 0 Å². The fourth-order valence-corrected chi connectivity index (χ4v) is 3.36. The summed E-state index contributed by atoms with van der Waals surface area (Å²) in [6.07, 6.45) is 0. The third kappa shape index (κ3) is 2.54. The number of fused-ring (bicyclic) bond motifs is 3. The van der Waals surface area contributed by atoms with E-state index in [0.29, 0.717) is 17.7 Å². The molecule has 2 N–H and O–H groups in total. The average molecular weight is 337 g/mol. The molecular formula is C21H15N5. The normalized spacial score (nSPS) is 10.7. The summed E-state index contributed by atoms with van der Waals surface area (Å²) >= 11 is 0. The maximum absolute atomic E-state index is 9.14. The Hall–Kier alpha value is -3.78. The highest BCUT2D eigenvalue weighted by molar-refractivity contribution is 6.11. The number of rotatable bonds is 3. The van der Waals surface area contributed by atoms with Crippen molar-refractivity contribution in [2.75, 3.05) is 0 Å². The zero-order valence-corrected chi connectivity index (χ0v) is 13.9. The number of aromatic nitrogens is 1. The molecule has 0 radical (unpaired) electrons. The van der Waals surface area contributed by atoms with E-state index >= 15 is 0 Å². The van der Waals surface area contributed by atoms with E-state index in [0.717, 1.165) is 27.4 Å². The molecule has 26 heavy (non-hydrogen) atoms. The molecule has 0 atom stereocenters. The second-order valence-electron chi connectivity index (χ2n) is 6.11. The van der Waals surface area contributed by atoms with Gasteiger partial charge in [0.2, 0.25) is 0 Å². The van der Waals surface area contributed by atoms with Crippen LogP contribution >= 0.6 is 0 Å². The molecule has 0 bridgehead atoms. The maximum Gasteiger partial charge on any atom is 0.173 e. The third-order valence-corrected chi connectivity index (χ3v) is 4.55. The van der Waals surface area contributed by atoms with Crippen LogP contribution < -0.4 is 0 Å². The van der Waals surface area contributed by atoms with Crippen molar-refractivity contribution in [3.8, 4) is 6.07 Å². The molecule has 3 aromatic carbocycles. The molecule has 0 saturated carbocycles. The summed E-state index contributed by atoms with van der Waals surface area (Å²) in [6.45, 7) is 0.652. The Balaban J connectivity index is 1.94. The molecule has 5 heteroatoms. The van der Waals surface area contributed by atoms with E-state index in [1.165, 1.54) is 0 Å². The number of hydrogen-bond donors (Lipinski definition) is 2. The van der Waals surface area contributed by atoms with Crippen LogP contribution in [0.5, 0.6) is 0 Å². The number of nitrogens with zero attached hydrogens (tertiary/aromatic N) is 3. The summed E-state index contributed by atoms with van der Waals surface area (Å²) in [5, 5.41) is 22.3. The van der Waals surface area contributed by atoms with E-state index in [2.05, 4.69) is 27.9 Å². The second kappa shape index (κ2) is 6.26. The minimum atomic E-state index is -0.0505. The minimum absolute atomic E-state index is 0.0505. The highest BCUT2D eigenvalue weighted by Gasteiger charge is 2.12. The second-order valence-corrected chi connectivity index (χ2v) is 6.11. The number of benzene rings is 3. The van der Waals surface area contributed by atoms with E-state index in [1.54, 1.807) is 6.07 Å². The van der Waals surface area contributed by atoms with Crippen LogP contribution in [0.4, 0.5) is 0 Å². The zero-order valence-electron chi connectivity index (χ0n) is 13.9. The first kappa shape index (κ1) is 15.7. The Morgan fingerprint density at radius 1 is 0.962 bits per heavy atom. The van der Waals surface area contributed by atoms with Crippen LogP contribution in [-0.2, 0) is 6.54 Å². The van der Waals surface area contributed by atoms with Gasteiger partial charge in [-0.3, -0.25) is 5.41 Å². The molecule has 0 saturated heterocycles. The van der Waals surface area contributed by atoms with Crippen LogP contribution in [0.15, 0.2) is 71.8 Å². The predicted molar refractivity (Wildman–Crippen MR) is 102 cm³/mol. The molecule has 1 aromatic heterocycles. The SMILES string of the molecule is N#Cc1cccc(Cn2c3ccccc3c3cc(C(=N)N=N)ccc32)c1. The van der Waals surface area contributed by atoms with E-state index in [1.807, 2.05) is 48.5 Å². The quantitative estimate of drug-likeness (QED) is 0.305. The summed E-state index contributed by atoms with van der Waals surface area (Å²) in [7, 11) is 0. The number of amidine groups is 1. The molecule has 0 spiro atoms. The summed E-state index contributed by atoms with van der Waals surface area (Å²) in [6, 6.07) is 23.7. The average Bonchev–Trinajstić information content (AvgIpc) is 3.01. The molecule has 0 fully saturated rings. The van der Waals surface area contributed by atoms with Crippen molar-refractivity contribution in [2.45, 2.75) is 6.54 Å². The van der Waals surface area contributed by atoms with Crippen molar-refractivity contribution in [1.82, 2.24) is 4.57 Å². The highest BCUT2D eigenvalue weighted by atomic mass is 15.0. The number of hydrogen-bond acceptors (Lipinski definition) is 3. The van der Waals surface area contributed by atoms with Crippen molar-refractivity contribution in [3.63, 3.8) is 0 Å². The van der Waals surface area contributed by atoms with Crippen LogP contribution in [-0.4, -0.2) is 10.4 Å². The van der Waals surface area contributed by atoms with Crippen molar-refractivity contribution in [2.24, 2.45) is 5.11 Å². The fourth-order valence-electron chi connectivity index (χ4n) is 3.36. The molecule has 0 aliphatic rings. The number of nitrogens with one attached hydrogen (secondary N) is 2. The molecule has 0 aliphatic heterocycles. The lowest BCUT2D eigenvalue weighted by Crippen LogP contribution is -2.00. The van der Waals surface area contributed by atoms with Crippen LogP contribution in [0.2, 0.25) is 0 Å². The predicted octanol–water partition coefficient (Wildman–Crippen LogP) is 5.07. The largest absolute Gasteiger partial charge is 0.336 e. The van der Waals surface area contributed by atoms with Gasteiger partial charge in [-0.1, -0.05) is 30.3 Å². The van der Waals surface area contributed by atoms with Gasteiger partial charge >= 0.3 is 0 Å². The van der Waals surface area contributed by atoms with Gasteiger partial charge in [-0.2, -0.15) is 5.26 Å². The molecule has 0 amide bonds. The lowest BCUT2D eigenvalue weighted by molar-refractivity contribution is 0.868. The van der Waals surface area contributed by atoms with Gasteiger partial charge in [-0.15, -0.1) is 5.11 Å². The van der Waals surface area contributed by atoms with Gasteiger partial charge in [0.05, 0.1) is 11.6 Å². The molecule has 5 nitrogen and oxygen atoms in total. The lowest BCUT2D eigenvalue weighted by atomic mass is 10.1. The van der Waals surface area contributed by atoms with Gasteiger partial charge in [-0.05, 0) is 42.0 Å². The van der Waals surface area contributed by atoms with Gasteiger partial charge < -0.3 is 4.57 Å². The Morgan fingerprint density at radius 2 is 1.77 bits per heavy atom. The first-order valence-corrected chi connectivity index (χ1v) is 8.17. The first-order chi connectivity index (χ1) is 12.7. The summed E-state index contributed by atoms with van der Waals surface area (Å²) in [4.78, 5) is 0. The van der Waals surface area contributed by atoms with Crippen LogP contribution in [0, 0.1) is 22.3 Å². The van der Waals surface area contributed by atoms with Gasteiger partial charge in [0, 0.05) is 33.9 Å². The molecule has 124 valence electrons. The highest BCUT2D eigenvalue weighted by Crippen LogP contribution is 2.30. The lowest BCUT2D eigenvalue weighted by Gasteiger charge is -2.08. The van der Waals surface area contributed by atoms with Gasteiger partial charge in [0.25, 0.3) is 0 Å². The monoisotopic (exact) mass is 337 g/mol. The molecule has 4 rings (SSSR count). The summed E-state index contributed by atoms with van der Waals surface area (Å²) < 4.78 is 2.21. The summed E-state index contributed by atoms with van der Waals surface area (Å²) in [5.74, 6) is -0.0505. The number of para-hydroxylation sites is 1. The standard InChI is InChI=1S/C21H15N5/c22-12-14-4-3-5-15(10-14)13-26-19-7-2-1-6-17(19)18-11-16(21(23)25-24)8-9-20(18)26/h1-11,23-24H,13H2. The molecule has 0 aliphatic carbocycles. The topological polar surface area (TPSA) is 88.8 Å². The van der Waals surface area contributed by atoms with Crippen LogP contribution in [0.1, 0.15) is 16.7 Å². The minimum Gasteiger partial charge on any atom is -0.336 e. The third-order valence-electron chi connectivity index (χ3n) is 4.55. The first-order valence-electron chi connectivity index (χ1n) is 8.17. The van der Waals surface area contributed by atoms with Crippen LogP contribution in [0.25, 0.3) is 21.8 Å². The number of nitriles is 1. The fraction of sp³-hybridized carbons (Fsp3) is 0.0476. The maximum atomic E-state index is 9.14. The van der Waals surface area contributed by atoms with Gasteiger partial charge in [0.15, 0.2) is 5.84 Å². The Kier molecular flexibility index (Phi) is 3.79. The van der Waals surface area contributed by atoms with E-state index in [4.69, 9.17) is 16.2 Å². The van der Waals surface area contributed by atoms with Gasteiger partial charge in [0.1, 0.15) is 0 Å². The summed E-state index contributed by atoms with van der Waals surface area (Å²) in [5.41, 5.74) is 11.6. The van der Waals surface area contributed by atoms with Crippen molar-refractivity contribution in [1.29, 1.82) is 16.2 Å².